The number of hydrogen-bond acceptors (Lipinski definition) is 9. The molecule has 0 fully saturated rings. The summed E-state index contributed by atoms with van der Waals surface area (Å²) in [5.41, 5.74) is -0.882. The maximum Gasteiger partial charge on any atom is 0.413 e. The Morgan fingerprint density at radius 3 is 1.95 bits per heavy atom. The molecule has 0 spiro atoms. The average Bonchev–Trinajstić information content (AvgIpc) is 2.80. The normalized spacial score (nSPS) is 12.7. The lowest BCUT2D eigenvalue weighted by molar-refractivity contribution is -0.145. The second-order valence-electron chi connectivity index (χ2n) is 10.6. The van der Waals surface area contributed by atoms with Gasteiger partial charge in [0.05, 0.1) is 0 Å². The molecule has 0 aromatic heterocycles. The van der Waals surface area contributed by atoms with E-state index in [1.165, 1.54) is 18.2 Å². The fourth-order valence-electron chi connectivity index (χ4n) is 2.98. The number of aliphatic carboxylic acids is 1. The van der Waals surface area contributed by atoms with Crippen LogP contribution in [0.3, 0.4) is 0 Å². The summed E-state index contributed by atoms with van der Waals surface area (Å²) < 4.78 is 20.5. The first-order chi connectivity index (χ1) is 18.5. The molecule has 0 bridgehead atoms. The number of carboxylic acid groups (broad SMARTS) is 1. The van der Waals surface area contributed by atoms with Crippen molar-refractivity contribution in [2.24, 2.45) is 0 Å². The van der Waals surface area contributed by atoms with Crippen LogP contribution in [-0.2, 0) is 30.2 Å². The molecular formula is C27H39N3O10. The molecule has 0 heterocycles. The number of carbonyl (C=O) groups is 5. The van der Waals surface area contributed by atoms with Crippen molar-refractivity contribution in [2.45, 2.75) is 77.7 Å². The maximum absolute atomic E-state index is 12.5. The number of amides is 3. The Morgan fingerprint density at radius 2 is 1.43 bits per heavy atom. The van der Waals surface area contributed by atoms with Crippen LogP contribution >= 0.6 is 0 Å². The summed E-state index contributed by atoms with van der Waals surface area (Å²) in [5.74, 6) is -1.90. The molecule has 0 radical (unpaired) electrons. The zero-order valence-corrected chi connectivity index (χ0v) is 23.7. The van der Waals surface area contributed by atoms with Crippen molar-refractivity contribution >= 4 is 30.2 Å². The van der Waals surface area contributed by atoms with Gasteiger partial charge in [0, 0.05) is 13.0 Å². The lowest BCUT2D eigenvalue weighted by atomic mass is 10.1. The van der Waals surface area contributed by atoms with E-state index in [4.69, 9.17) is 18.9 Å². The fraction of sp³-hybridized carbons (Fsp3) is 0.519. The number of ether oxygens (including phenoxy) is 4. The number of hydrogen-bond donors (Lipinski definition) is 4. The summed E-state index contributed by atoms with van der Waals surface area (Å²) in [6.07, 6.45) is -1.19. The van der Waals surface area contributed by atoms with E-state index in [9.17, 15) is 29.1 Å². The van der Waals surface area contributed by atoms with Gasteiger partial charge < -0.3 is 40.0 Å². The molecule has 4 N–H and O–H groups in total. The number of benzene rings is 1. The van der Waals surface area contributed by atoms with Gasteiger partial charge in [-0.3, -0.25) is 0 Å². The van der Waals surface area contributed by atoms with E-state index < -0.39 is 53.5 Å². The lowest BCUT2D eigenvalue weighted by Crippen LogP contribution is -2.45. The van der Waals surface area contributed by atoms with E-state index >= 15 is 0 Å². The predicted molar refractivity (Wildman–Crippen MR) is 144 cm³/mol. The first kappa shape index (κ1) is 33.7. The standard InChI is InChI=1S/C27H39N3O10/c1-8-15-37-22(33)20(30-25(36)40-27(5,6)7)16-17-9-11-18(12-10-17)38-24(35)29-19(21(31)32)13-14-28-23(34)39-26(2,3)4/h8-12,19-20H,1,13-16H2,2-7H3,(H,28,34)(H,29,35)(H,30,36)(H,31,32)/t19-,20-/m0/s1. The molecule has 1 aromatic rings. The van der Waals surface area contributed by atoms with E-state index in [1.807, 2.05) is 0 Å². The molecule has 2 atom stereocenters. The Balaban J connectivity index is 2.74. The molecule has 0 saturated carbocycles. The molecule has 0 unspecified atom stereocenters. The van der Waals surface area contributed by atoms with Gasteiger partial charge in [-0.1, -0.05) is 24.8 Å². The Labute approximate surface area is 233 Å². The summed E-state index contributed by atoms with van der Waals surface area (Å²) in [6.45, 7) is 13.5. The van der Waals surface area contributed by atoms with E-state index in [2.05, 4.69) is 22.5 Å². The summed E-state index contributed by atoms with van der Waals surface area (Å²) >= 11 is 0. The summed E-state index contributed by atoms with van der Waals surface area (Å²) in [6, 6.07) is 3.61. The smallest absolute Gasteiger partial charge is 0.413 e. The molecule has 3 amide bonds. The van der Waals surface area contributed by atoms with Crippen LogP contribution in [0.5, 0.6) is 5.75 Å². The first-order valence-electron chi connectivity index (χ1n) is 12.5. The summed E-state index contributed by atoms with van der Waals surface area (Å²) in [7, 11) is 0. The lowest BCUT2D eigenvalue weighted by Gasteiger charge is -2.23. The Kier molecular flexibility index (Phi) is 12.9. The molecule has 0 aliphatic rings. The number of rotatable bonds is 12. The van der Waals surface area contributed by atoms with Crippen molar-refractivity contribution in [2.75, 3.05) is 13.2 Å². The molecule has 0 aliphatic heterocycles. The van der Waals surface area contributed by atoms with Crippen LogP contribution in [0.4, 0.5) is 14.4 Å². The van der Waals surface area contributed by atoms with E-state index in [-0.39, 0.29) is 31.7 Å². The largest absolute Gasteiger partial charge is 0.480 e. The molecule has 13 nitrogen and oxygen atoms in total. The van der Waals surface area contributed by atoms with Crippen molar-refractivity contribution in [3.63, 3.8) is 0 Å². The van der Waals surface area contributed by atoms with Crippen molar-refractivity contribution < 1.29 is 48.0 Å². The van der Waals surface area contributed by atoms with Gasteiger partial charge in [0.25, 0.3) is 0 Å². The van der Waals surface area contributed by atoms with Crippen molar-refractivity contribution in [1.29, 1.82) is 0 Å². The van der Waals surface area contributed by atoms with Gasteiger partial charge in [0.2, 0.25) is 0 Å². The van der Waals surface area contributed by atoms with Gasteiger partial charge in [0.1, 0.15) is 35.6 Å². The molecule has 13 heteroatoms. The van der Waals surface area contributed by atoms with Gasteiger partial charge in [0.15, 0.2) is 0 Å². The van der Waals surface area contributed by atoms with Gasteiger partial charge >= 0.3 is 30.2 Å². The van der Waals surface area contributed by atoms with Crippen molar-refractivity contribution in [3.05, 3.63) is 42.5 Å². The molecule has 1 rings (SSSR count). The predicted octanol–water partition coefficient (Wildman–Crippen LogP) is 3.31. The third-order valence-corrected chi connectivity index (χ3v) is 4.58. The summed E-state index contributed by atoms with van der Waals surface area (Å²) in [4.78, 5) is 60.2. The van der Waals surface area contributed by atoms with Crippen LogP contribution in [0.25, 0.3) is 0 Å². The maximum atomic E-state index is 12.5. The topological polar surface area (TPSA) is 179 Å². The minimum atomic E-state index is -1.33. The van der Waals surface area contributed by atoms with Crippen molar-refractivity contribution in [1.82, 2.24) is 16.0 Å². The van der Waals surface area contributed by atoms with Crippen LogP contribution in [0.1, 0.15) is 53.5 Å². The molecule has 222 valence electrons. The second-order valence-corrected chi connectivity index (χ2v) is 10.6. The van der Waals surface area contributed by atoms with E-state index in [0.29, 0.717) is 5.56 Å². The highest BCUT2D eigenvalue weighted by Crippen LogP contribution is 2.15. The fourth-order valence-corrected chi connectivity index (χ4v) is 2.98. The van der Waals surface area contributed by atoms with Crippen LogP contribution in [0, 0.1) is 0 Å². The quantitative estimate of drug-likeness (QED) is 0.167. The van der Waals surface area contributed by atoms with Gasteiger partial charge in [-0.15, -0.1) is 0 Å². The first-order valence-corrected chi connectivity index (χ1v) is 12.5. The summed E-state index contributed by atoms with van der Waals surface area (Å²) in [5, 5.41) is 16.5. The zero-order chi connectivity index (χ0) is 30.5. The Bertz CT molecular complexity index is 1040. The zero-order valence-electron chi connectivity index (χ0n) is 23.7. The van der Waals surface area contributed by atoms with E-state index in [0.717, 1.165) is 0 Å². The number of carbonyl (C=O) groups excluding carboxylic acids is 4. The number of esters is 1. The SMILES string of the molecule is C=CCOC(=O)[C@H](Cc1ccc(OC(=O)N[C@@H](CCNC(=O)OC(C)(C)C)C(=O)O)cc1)NC(=O)OC(C)(C)C. The molecule has 1 aromatic carbocycles. The molecular weight excluding hydrogens is 526 g/mol. The number of carboxylic acids is 1. The minimum Gasteiger partial charge on any atom is -0.480 e. The van der Waals surface area contributed by atoms with Gasteiger partial charge in [-0.05, 0) is 65.7 Å². The van der Waals surface area contributed by atoms with Gasteiger partial charge in [-0.25, -0.2) is 24.0 Å². The second kappa shape index (κ2) is 15.3. The van der Waals surface area contributed by atoms with Crippen molar-refractivity contribution in [3.8, 4) is 5.75 Å². The highest BCUT2D eigenvalue weighted by Gasteiger charge is 2.26. The van der Waals surface area contributed by atoms with Crippen LogP contribution in [0.2, 0.25) is 0 Å². The van der Waals surface area contributed by atoms with Crippen LogP contribution in [0.15, 0.2) is 36.9 Å². The molecule has 0 saturated heterocycles. The molecule has 0 aliphatic carbocycles. The third kappa shape index (κ3) is 14.6. The highest BCUT2D eigenvalue weighted by molar-refractivity contribution is 5.82. The molecule has 40 heavy (non-hydrogen) atoms. The number of nitrogens with one attached hydrogen (secondary N) is 3. The Hall–Kier alpha value is -4.29. The van der Waals surface area contributed by atoms with E-state index in [1.54, 1.807) is 53.7 Å². The Morgan fingerprint density at radius 1 is 0.875 bits per heavy atom. The third-order valence-electron chi connectivity index (χ3n) is 4.58. The average molecular weight is 566 g/mol. The monoisotopic (exact) mass is 565 g/mol. The van der Waals surface area contributed by atoms with Crippen LogP contribution < -0.4 is 20.7 Å². The van der Waals surface area contributed by atoms with Crippen LogP contribution in [-0.4, -0.2) is 71.8 Å². The van der Waals surface area contributed by atoms with Gasteiger partial charge in [-0.2, -0.15) is 0 Å². The minimum absolute atomic E-state index is 0.0401. The highest BCUT2D eigenvalue weighted by atomic mass is 16.6. The number of alkyl carbamates (subject to hydrolysis) is 2.